The molecule has 4 rings (SSSR count). The first-order chi connectivity index (χ1) is 17.9. The Morgan fingerprint density at radius 2 is 1.78 bits per heavy atom. The number of amides is 1. The molecule has 7 nitrogen and oxygen atoms in total. The van der Waals surface area contributed by atoms with Gasteiger partial charge in [0, 0.05) is 36.2 Å². The van der Waals surface area contributed by atoms with Gasteiger partial charge in [-0.1, -0.05) is 55.6 Å². The largest absolute Gasteiger partial charge is 0.478 e. The summed E-state index contributed by atoms with van der Waals surface area (Å²) in [7, 11) is 0. The Labute approximate surface area is 221 Å². The van der Waals surface area contributed by atoms with Crippen LogP contribution in [0.2, 0.25) is 5.02 Å². The standard InChI is InChI=1S/C29H32ClN3O4/c1-2-3-4-8-26-31-25(21-9-11-24(30)12-10-21)18-27(34)33(26)19-28(35)32-15-13-20(14-16-32)22-6-5-7-23(17-22)29(36)37/h5-7,9-12,17-18,20H,2-4,8,13-16,19H2,1H3,(H,36,37). The van der Waals surface area contributed by atoms with Crippen molar-refractivity contribution in [1.82, 2.24) is 14.5 Å². The molecule has 1 aromatic heterocycles. The summed E-state index contributed by atoms with van der Waals surface area (Å²) < 4.78 is 1.51. The zero-order valence-electron chi connectivity index (χ0n) is 21.0. The number of benzene rings is 2. The molecule has 194 valence electrons. The number of unbranched alkanes of at least 4 members (excludes halogenated alkanes) is 2. The molecule has 3 aromatic rings. The van der Waals surface area contributed by atoms with E-state index >= 15 is 0 Å². The van der Waals surface area contributed by atoms with Crippen LogP contribution in [-0.4, -0.2) is 44.5 Å². The monoisotopic (exact) mass is 521 g/mol. The lowest BCUT2D eigenvalue weighted by Crippen LogP contribution is -2.42. The highest BCUT2D eigenvalue weighted by atomic mass is 35.5. The van der Waals surface area contributed by atoms with Gasteiger partial charge in [-0.05, 0) is 55.0 Å². The van der Waals surface area contributed by atoms with E-state index in [1.165, 1.54) is 10.6 Å². The number of aromatic nitrogens is 2. The minimum Gasteiger partial charge on any atom is -0.478 e. The lowest BCUT2D eigenvalue weighted by atomic mass is 9.88. The number of rotatable bonds is 9. The fourth-order valence-corrected chi connectivity index (χ4v) is 4.96. The third-order valence-corrected chi connectivity index (χ3v) is 7.23. The second-order valence-electron chi connectivity index (χ2n) is 9.53. The predicted octanol–water partition coefficient (Wildman–Crippen LogP) is 5.40. The number of piperidine rings is 1. The van der Waals surface area contributed by atoms with Crippen LogP contribution in [0.3, 0.4) is 0 Å². The van der Waals surface area contributed by atoms with Crippen LogP contribution in [0.5, 0.6) is 0 Å². The van der Waals surface area contributed by atoms with Crippen molar-refractivity contribution in [3.05, 3.63) is 86.9 Å². The number of likely N-dealkylation sites (tertiary alicyclic amines) is 1. The maximum absolute atomic E-state index is 13.2. The highest BCUT2D eigenvalue weighted by Crippen LogP contribution is 2.29. The fourth-order valence-electron chi connectivity index (χ4n) is 4.84. The van der Waals surface area contributed by atoms with Crippen LogP contribution >= 0.6 is 11.6 Å². The molecule has 0 radical (unpaired) electrons. The maximum Gasteiger partial charge on any atom is 0.335 e. The van der Waals surface area contributed by atoms with Gasteiger partial charge in [0.2, 0.25) is 5.91 Å². The van der Waals surface area contributed by atoms with Gasteiger partial charge in [-0.2, -0.15) is 0 Å². The molecule has 1 saturated heterocycles. The Bertz CT molecular complexity index is 1310. The van der Waals surface area contributed by atoms with Crippen molar-refractivity contribution >= 4 is 23.5 Å². The molecule has 1 aliphatic heterocycles. The molecule has 0 saturated carbocycles. The number of carboxylic acids is 1. The molecular formula is C29H32ClN3O4. The van der Waals surface area contributed by atoms with Gasteiger partial charge in [0.1, 0.15) is 12.4 Å². The number of carboxylic acid groups (broad SMARTS) is 1. The molecule has 1 N–H and O–H groups in total. The van der Waals surface area contributed by atoms with E-state index in [-0.39, 0.29) is 29.5 Å². The van der Waals surface area contributed by atoms with Crippen LogP contribution in [0, 0.1) is 0 Å². The zero-order chi connectivity index (χ0) is 26.4. The van der Waals surface area contributed by atoms with Gasteiger partial charge in [-0.3, -0.25) is 14.2 Å². The first-order valence-corrected chi connectivity index (χ1v) is 13.2. The molecule has 37 heavy (non-hydrogen) atoms. The Hall–Kier alpha value is -3.45. The predicted molar refractivity (Wildman–Crippen MR) is 144 cm³/mol. The van der Waals surface area contributed by atoms with Crippen LogP contribution in [-0.2, 0) is 17.8 Å². The summed E-state index contributed by atoms with van der Waals surface area (Å²) in [4.78, 5) is 44.3. The van der Waals surface area contributed by atoms with E-state index in [1.807, 2.05) is 18.2 Å². The fraction of sp³-hybridized carbons (Fsp3) is 0.379. The molecule has 0 bridgehead atoms. The van der Waals surface area contributed by atoms with Crippen molar-refractivity contribution in [3.8, 4) is 11.3 Å². The van der Waals surface area contributed by atoms with Crippen molar-refractivity contribution in [2.24, 2.45) is 0 Å². The number of carbonyl (C=O) groups excluding carboxylic acids is 1. The maximum atomic E-state index is 13.2. The van der Waals surface area contributed by atoms with Crippen molar-refractivity contribution in [2.45, 2.75) is 57.9 Å². The Morgan fingerprint density at radius 3 is 2.46 bits per heavy atom. The summed E-state index contributed by atoms with van der Waals surface area (Å²) in [6.07, 6.45) is 5.08. The molecule has 1 aliphatic rings. The van der Waals surface area contributed by atoms with Gasteiger partial charge in [0.15, 0.2) is 0 Å². The molecule has 2 aromatic carbocycles. The Balaban J connectivity index is 1.48. The normalized spacial score (nSPS) is 14.1. The van der Waals surface area contributed by atoms with E-state index in [4.69, 9.17) is 16.6 Å². The summed E-state index contributed by atoms with van der Waals surface area (Å²) in [6.45, 7) is 3.22. The lowest BCUT2D eigenvalue weighted by Gasteiger charge is -2.32. The van der Waals surface area contributed by atoms with E-state index in [0.717, 1.165) is 43.2 Å². The molecule has 0 aliphatic carbocycles. The summed E-state index contributed by atoms with van der Waals surface area (Å²) in [6, 6.07) is 15.7. The second kappa shape index (κ2) is 12.2. The zero-order valence-corrected chi connectivity index (χ0v) is 21.8. The molecule has 2 heterocycles. The first kappa shape index (κ1) is 26.6. The van der Waals surface area contributed by atoms with Crippen molar-refractivity contribution in [2.75, 3.05) is 13.1 Å². The van der Waals surface area contributed by atoms with Gasteiger partial charge >= 0.3 is 5.97 Å². The molecule has 0 spiro atoms. The van der Waals surface area contributed by atoms with Gasteiger partial charge in [-0.25, -0.2) is 9.78 Å². The third kappa shape index (κ3) is 6.66. The summed E-state index contributed by atoms with van der Waals surface area (Å²) in [5.41, 5.74) is 2.43. The van der Waals surface area contributed by atoms with Crippen molar-refractivity contribution in [3.63, 3.8) is 0 Å². The SMILES string of the molecule is CCCCCc1nc(-c2ccc(Cl)cc2)cc(=O)n1CC(=O)N1CCC(c2cccc(C(=O)O)c2)CC1. The smallest absolute Gasteiger partial charge is 0.335 e. The number of carbonyl (C=O) groups is 2. The summed E-state index contributed by atoms with van der Waals surface area (Å²) in [5.74, 6) is -0.210. The van der Waals surface area contributed by atoms with E-state index in [2.05, 4.69) is 6.92 Å². The molecule has 8 heteroatoms. The van der Waals surface area contributed by atoms with Gasteiger partial charge < -0.3 is 10.0 Å². The Kier molecular flexibility index (Phi) is 8.77. The highest BCUT2D eigenvalue weighted by Gasteiger charge is 2.25. The second-order valence-corrected chi connectivity index (χ2v) is 9.97. The van der Waals surface area contributed by atoms with Crippen molar-refractivity contribution < 1.29 is 14.7 Å². The number of halogens is 1. The average Bonchev–Trinajstić information content (AvgIpc) is 2.91. The quantitative estimate of drug-likeness (QED) is 0.380. The van der Waals surface area contributed by atoms with Crippen molar-refractivity contribution in [1.29, 1.82) is 0 Å². The molecule has 0 unspecified atom stereocenters. The number of aryl methyl sites for hydroxylation is 1. The molecule has 0 atom stereocenters. The minimum atomic E-state index is -0.940. The topological polar surface area (TPSA) is 92.5 Å². The van der Waals surface area contributed by atoms with Gasteiger partial charge in [0.05, 0.1) is 11.3 Å². The van der Waals surface area contributed by atoms with Crippen LogP contribution < -0.4 is 5.56 Å². The first-order valence-electron chi connectivity index (χ1n) is 12.8. The summed E-state index contributed by atoms with van der Waals surface area (Å²) >= 11 is 6.01. The number of hydrogen-bond donors (Lipinski definition) is 1. The number of aromatic carboxylic acids is 1. The Morgan fingerprint density at radius 1 is 1.05 bits per heavy atom. The minimum absolute atomic E-state index is 0.0344. The van der Waals surface area contributed by atoms with E-state index in [9.17, 15) is 19.5 Å². The van der Waals surface area contributed by atoms with Gasteiger partial charge in [-0.15, -0.1) is 0 Å². The molecule has 1 fully saturated rings. The van der Waals surface area contributed by atoms with Gasteiger partial charge in [0.25, 0.3) is 5.56 Å². The average molecular weight is 522 g/mol. The highest BCUT2D eigenvalue weighted by molar-refractivity contribution is 6.30. The summed E-state index contributed by atoms with van der Waals surface area (Å²) in [5, 5.41) is 9.89. The van der Waals surface area contributed by atoms with Crippen LogP contribution in [0.1, 0.15) is 66.7 Å². The molecular weight excluding hydrogens is 490 g/mol. The van der Waals surface area contributed by atoms with Crippen LogP contribution in [0.15, 0.2) is 59.4 Å². The molecule has 1 amide bonds. The van der Waals surface area contributed by atoms with E-state index in [0.29, 0.717) is 36.1 Å². The van der Waals surface area contributed by atoms with Crippen LogP contribution in [0.4, 0.5) is 0 Å². The van der Waals surface area contributed by atoms with Crippen LogP contribution in [0.25, 0.3) is 11.3 Å². The number of nitrogens with zero attached hydrogens (tertiary/aromatic N) is 3. The van der Waals surface area contributed by atoms with E-state index in [1.54, 1.807) is 35.2 Å². The third-order valence-electron chi connectivity index (χ3n) is 6.98. The van der Waals surface area contributed by atoms with E-state index < -0.39 is 5.97 Å². The number of hydrogen-bond acceptors (Lipinski definition) is 4. The lowest BCUT2D eigenvalue weighted by molar-refractivity contribution is -0.133.